The van der Waals surface area contributed by atoms with Crippen molar-refractivity contribution in [2.45, 2.75) is 19.3 Å². The summed E-state index contributed by atoms with van der Waals surface area (Å²) in [5.74, 6) is -0.555. The molecule has 0 saturated heterocycles. The first-order valence-electron chi connectivity index (χ1n) is 5.39. The molecular weight excluding hydrogens is 302 g/mol. The van der Waals surface area contributed by atoms with Gasteiger partial charge < -0.3 is 0 Å². The van der Waals surface area contributed by atoms with Gasteiger partial charge in [-0.3, -0.25) is 0 Å². The lowest BCUT2D eigenvalue weighted by atomic mass is 10.2. The molecule has 0 bridgehead atoms. The number of aromatic nitrogens is 4. The molecule has 2 heterocycles. The zero-order chi connectivity index (χ0) is 15.8. The Morgan fingerprint density at radius 3 is 2.14 bits per heavy atom. The molecule has 10 heteroatoms. The van der Waals surface area contributed by atoms with Gasteiger partial charge in [-0.25, -0.2) is 19.9 Å². The Balaban J connectivity index is 2.53. The van der Waals surface area contributed by atoms with Gasteiger partial charge in [-0.1, -0.05) is 0 Å². The van der Waals surface area contributed by atoms with Gasteiger partial charge in [0.25, 0.3) is 0 Å². The zero-order valence-corrected chi connectivity index (χ0v) is 10.3. The van der Waals surface area contributed by atoms with Crippen LogP contribution in [0.4, 0.5) is 26.3 Å². The molecule has 0 amide bonds. The van der Waals surface area contributed by atoms with Crippen LogP contribution in [0.15, 0.2) is 18.6 Å². The number of halogens is 6. The molecule has 112 valence electrons. The van der Waals surface area contributed by atoms with E-state index in [2.05, 4.69) is 19.9 Å². The van der Waals surface area contributed by atoms with E-state index in [9.17, 15) is 26.3 Å². The van der Waals surface area contributed by atoms with Gasteiger partial charge in [0, 0.05) is 6.20 Å². The van der Waals surface area contributed by atoms with Crippen LogP contribution in [0.25, 0.3) is 11.5 Å². The maximum absolute atomic E-state index is 12.7. The fourth-order valence-electron chi connectivity index (χ4n) is 1.49. The highest BCUT2D eigenvalue weighted by atomic mass is 19.4. The highest BCUT2D eigenvalue weighted by molar-refractivity contribution is 5.50. The Morgan fingerprint density at radius 2 is 1.57 bits per heavy atom. The quantitative estimate of drug-likeness (QED) is 0.759. The molecule has 0 aromatic carbocycles. The first kappa shape index (κ1) is 15.1. The van der Waals surface area contributed by atoms with Crippen LogP contribution in [0.3, 0.4) is 0 Å². The topological polar surface area (TPSA) is 51.6 Å². The van der Waals surface area contributed by atoms with Crippen molar-refractivity contribution in [3.8, 4) is 11.5 Å². The number of nitrogens with zero attached hydrogens (tertiary/aromatic N) is 4. The van der Waals surface area contributed by atoms with Crippen LogP contribution in [0.2, 0.25) is 0 Å². The molecule has 0 fully saturated rings. The van der Waals surface area contributed by atoms with Crippen LogP contribution in [0.5, 0.6) is 0 Å². The van der Waals surface area contributed by atoms with Gasteiger partial charge in [0.05, 0.1) is 0 Å². The summed E-state index contributed by atoms with van der Waals surface area (Å²) in [6, 6.07) is 0.491. The highest BCUT2D eigenvalue weighted by Crippen LogP contribution is 2.32. The lowest BCUT2D eigenvalue weighted by Crippen LogP contribution is -2.13. The summed E-state index contributed by atoms with van der Waals surface area (Å²) in [5.41, 5.74) is -3.19. The molecule has 0 saturated carbocycles. The molecule has 2 aromatic heterocycles. The number of hydrogen-bond donors (Lipinski definition) is 0. The minimum atomic E-state index is -4.74. The maximum atomic E-state index is 12.7. The monoisotopic (exact) mass is 308 g/mol. The first-order chi connectivity index (χ1) is 9.59. The normalized spacial score (nSPS) is 12.5. The van der Waals surface area contributed by atoms with Crippen molar-refractivity contribution in [2.75, 3.05) is 0 Å². The predicted molar refractivity (Wildman–Crippen MR) is 57.8 cm³/mol. The zero-order valence-electron chi connectivity index (χ0n) is 10.3. The van der Waals surface area contributed by atoms with Gasteiger partial charge in [0.2, 0.25) is 0 Å². The minimum absolute atomic E-state index is 0.239. The second-order valence-electron chi connectivity index (χ2n) is 4.01. The summed E-state index contributed by atoms with van der Waals surface area (Å²) in [5, 5.41) is 0. The fraction of sp³-hybridized carbons (Fsp3) is 0.273. The molecule has 0 unspecified atom stereocenters. The summed E-state index contributed by atoms with van der Waals surface area (Å²) < 4.78 is 75.6. The summed E-state index contributed by atoms with van der Waals surface area (Å²) in [7, 11) is 0. The van der Waals surface area contributed by atoms with Crippen molar-refractivity contribution in [1.29, 1.82) is 0 Å². The summed E-state index contributed by atoms with van der Waals surface area (Å²) in [6.07, 6.45) is -8.01. The molecule has 21 heavy (non-hydrogen) atoms. The van der Waals surface area contributed by atoms with E-state index in [0.717, 1.165) is 13.1 Å². The predicted octanol–water partition coefficient (Wildman–Crippen LogP) is 3.28. The lowest BCUT2D eigenvalue weighted by Gasteiger charge is -2.10. The van der Waals surface area contributed by atoms with Crippen LogP contribution in [-0.4, -0.2) is 19.9 Å². The van der Waals surface area contributed by atoms with E-state index in [1.165, 1.54) is 0 Å². The summed E-state index contributed by atoms with van der Waals surface area (Å²) in [4.78, 5) is 13.3. The average molecular weight is 308 g/mol. The standard InChI is InChI=1S/C11H6F6N4/c1-5-3-18-9(21-8(5)11(15,16)17)6-2-7(10(12,13)14)20-4-19-6/h2-4H,1H3. The fourth-order valence-corrected chi connectivity index (χ4v) is 1.49. The van der Waals surface area contributed by atoms with Gasteiger partial charge >= 0.3 is 12.4 Å². The highest BCUT2D eigenvalue weighted by Gasteiger charge is 2.36. The van der Waals surface area contributed by atoms with E-state index in [1.807, 2.05) is 0 Å². The van der Waals surface area contributed by atoms with Gasteiger partial charge in [0.15, 0.2) is 11.5 Å². The summed E-state index contributed by atoms with van der Waals surface area (Å²) >= 11 is 0. The van der Waals surface area contributed by atoms with Gasteiger partial charge in [0.1, 0.15) is 17.7 Å². The van der Waals surface area contributed by atoms with Gasteiger partial charge in [-0.05, 0) is 18.6 Å². The Hall–Kier alpha value is -2.26. The van der Waals surface area contributed by atoms with Crippen molar-refractivity contribution < 1.29 is 26.3 Å². The van der Waals surface area contributed by atoms with E-state index in [1.54, 1.807) is 0 Å². The van der Waals surface area contributed by atoms with Crippen LogP contribution in [0, 0.1) is 6.92 Å². The van der Waals surface area contributed by atoms with Gasteiger partial charge in [-0.2, -0.15) is 26.3 Å². The number of rotatable bonds is 1. The van der Waals surface area contributed by atoms with Crippen molar-refractivity contribution >= 4 is 0 Å². The molecule has 0 radical (unpaired) electrons. The molecule has 2 aromatic rings. The maximum Gasteiger partial charge on any atom is 0.433 e. The van der Waals surface area contributed by atoms with Crippen molar-refractivity contribution in [2.24, 2.45) is 0 Å². The third-order valence-corrected chi connectivity index (χ3v) is 2.43. The second kappa shape index (κ2) is 4.93. The van der Waals surface area contributed by atoms with E-state index in [-0.39, 0.29) is 5.56 Å². The third kappa shape index (κ3) is 3.26. The number of alkyl halides is 6. The van der Waals surface area contributed by atoms with Crippen LogP contribution in [0.1, 0.15) is 17.0 Å². The third-order valence-electron chi connectivity index (χ3n) is 2.43. The second-order valence-corrected chi connectivity index (χ2v) is 4.01. The van der Waals surface area contributed by atoms with E-state index in [4.69, 9.17) is 0 Å². The molecule has 0 aliphatic rings. The van der Waals surface area contributed by atoms with E-state index >= 15 is 0 Å². The largest absolute Gasteiger partial charge is 0.433 e. The van der Waals surface area contributed by atoms with Gasteiger partial charge in [-0.15, -0.1) is 0 Å². The van der Waals surface area contributed by atoms with Crippen molar-refractivity contribution in [3.63, 3.8) is 0 Å². The Labute approximate surface area is 113 Å². The smallest absolute Gasteiger partial charge is 0.235 e. The molecule has 0 aliphatic carbocycles. The first-order valence-corrected chi connectivity index (χ1v) is 5.39. The molecule has 0 atom stereocenters. The number of aryl methyl sites for hydroxylation is 1. The Kier molecular flexibility index (Phi) is 3.56. The average Bonchev–Trinajstić information content (AvgIpc) is 2.37. The molecular formula is C11H6F6N4. The Morgan fingerprint density at radius 1 is 0.905 bits per heavy atom. The minimum Gasteiger partial charge on any atom is -0.235 e. The van der Waals surface area contributed by atoms with Crippen LogP contribution < -0.4 is 0 Å². The summed E-state index contributed by atoms with van der Waals surface area (Å²) in [6.45, 7) is 1.15. The van der Waals surface area contributed by atoms with Crippen molar-refractivity contribution in [3.05, 3.63) is 35.5 Å². The molecule has 0 N–H and O–H groups in total. The lowest BCUT2D eigenvalue weighted by molar-refractivity contribution is -0.142. The number of hydrogen-bond acceptors (Lipinski definition) is 4. The van der Waals surface area contributed by atoms with Crippen LogP contribution >= 0.6 is 0 Å². The molecule has 0 aliphatic heterocycles. The Bertz CT molecular complexity index is 664. The van der Waals surface area contributed by atoms with Crippen molar-refractivity contribution in [1.82, 2.24) is 19.9 Å². The molecule has 4 nitrogen and oxygen atoms in total. The van der Waals surface area contributed by atoms with E-state index < -0.39 is 35.3 Å². The SMILES string of the molecule is Cc1cnc(-c2cc(C(F)(F)F)ncn2)nc1C(F)(F)F. The van der Waals surface area contributed by atoms with E-state index in [0.29, 0.717) is 12.4 Å². The molecule has 0 spiro atoms. The van der Waals surface area contributed by atoms with Crippen LogP contribution in [-0.2, 0) is 12.4 Å². The molecule has 2 rings (SSSR count).